The third kappa shape index (κ3) is 2.67. The van der Waals surface area contributed by atoms with Crippen molar-refractivity contribution in [3.63, 3.8) is 0 Å². The predicted molar refractivity (Wildman–Crippen MR) is 98.1 cm³/mol. The van der Waals surface area contributed by atoms with E-state index in [1.165, 1.54) is 4.68 Å². The lowest BCUT2D eigenvalue weighted by Gasteiger charge is -2.16. The van der Waals surface area contributed by atoms with Crippen LogP contribution in [0.4, 0.5) is 5.69 Å². The molecule has 0 spiro atoms. The second kappa shape index (κ2) is 5.90. The number of nitrogens with zero attached hydrogens (tertiary/aromatic N) is 4. The van der Waals surface area contributed by atoms with Crippen LogP contribution < -0.4 is 11.0 Å². The lowest BCUT2D eigenvalue weighted by atomic mass is 10.2. The Morgan fingerprint density at radius 1 is 0.960 bits per heavy atom. The summed E-state index contributed by atoms with van der Waals surface area (Å²) in [6.45, 7) is 3.85. The van der Waals surface area contributed by atoms with Gasteiger partial charge in [-0.1, -0.05) is 30.3 Å². The summed E-state index contributed by atoms with van der Waals surface area (Å²) in [6.07, 6.45) is 0. The molecule has 0 bridgehead atoms. The van der Waals surface area contributed by atoms with Crippen molar-refractivity contribution in [1.82, 2.24) is 19.4 Å². The third-order valence-corrected chi connectivity index (χ3v) is 3.97. The Hall–Kier alpha value is -3.41. The number of para-hydroxylation sites is 2. The normalized spacial score (nSPS) is 11.0. The van der Waals surface area contributed by atoms with E-state index in [4.69, 9.17) is 0 Å². The van der Waals surface area contributed by atoms with Gasteiger partial charge in [0.15, 0.2) is 0 Å². The minimum Gasteiger partial charge on any atom is -0.288 e. The zero-order valence-electron chi connectivity index (χ0n) is 14.0. The Kier molecular flexibility index (Phi) is 3.57. The number of benzene rings is 2. The number of aromatic nitrogens is 4. The highest BCUT2D eigenvalue weighted by Crippen LogP contribution is 2.14. The van der Waals surface area contributed by atoms with Crippen LogP contribution in [0.25, 0.3) is 16.9 Å². The predicted octanol–water partition coefficient (Wildman–Crippen LogP) is 3.07. The highest BCUT2D eigenvalue weighted by Gasteiger charge is 2.15. The van der Waals surface area contributed by atoms with Crippen LogP contribution in [-0.4, -0.2) is 19.4 Å². The zero-order valence-corrected chi connectivity index (χ0v) is 14.0. The summed E-state index contributed by atoms with van der Waals surface area (Å²) in [5.74, 6) is 0.429. The highest BCUT2D eigenvalue weighted by molar-refractivity contribution is 5.78. The molecule has 0 unspecified atom stereocenters. The van der Waals surface area contributed by atoms with E-state index in [-0.39, 0.29) is 5.56 Å². The van der Waals surface area contributed by atoms with E-state index in [2.05, 4.69) is 15.5 Å². The molecule has 25 heavy (non-hydrogen) atoms. The van der Waals surface area contributed by atoms with Gasteiger partial charge in [-0.3, -0.25) is 10.2 Å². The van der Waals surface area contributed by atoms with Crippen molar-refractivity contribution in [2.24, 2.45) is 0 Å². The first-order chi connectivity index (χ1) is 12.1. The van der Waals surface area contributed by atoms with E-state index in [1.807, 2.05) is 68.4 Å². The highest BCUT2D eigenvalue weighted by atomic mass is 16.1. The molecule has 2 aromatic carbocycles. The Balaban J connectivity index is 2.01. The third-order valence-electron chi connectivity index (χ3n) is 3.97. The number of rotatable bonds is 3. The van der Waals surface area contributed by atoms with Gasteiger partial charge in [0.25, 0.3) is 11.5 Å². The number of hydrogen-bond acceptors (Lipinski definition) is 4. The van der Waals surface area contributed by atoms with Crippen molar-refractivity contribution in [3.05, 3.63) is 82.4 Å². The van der Waals surface area contributed by atoms with Gasteiger partial charge in [0, 0.05) is 5.69 Å². The second-order valence-electron chi connectivity index (χ2n) is 5.89. The molecule has 4 aromatic rings. The fourth-order valence-corrected chi connectivity index (χ4v) is 2.84. The molecule has 1 N–H and O–H groups in total. The number of fused-ring (bicyclic) bond motifs is 1. The Morgan fingerprint density at radius 3 is 2.40 bits per heavy atom. The van der Waals surface area contributed by atoms with E-state index in [0.29, 0.717) is 16.9 Å². The topological polar surface area (TPSA) is 64.7 Å². The van der Waals surface area contributed by atoms with Crippen molar-refractivity contribution in [2.75, 3.05) is 5.43 Å². The van der Waals surface area contributed by atoms with Crippen molar-refractivity contribution in [2.45, 2.75) is 13.8 Å². The standard InChI is InChI=1S/C19H17N5O/c1-13-12-14(2)23(21-13)19-20-17-11-7-6-10-16(17)18(25)24(19)22-15-8-4-3-5-9-15/h3-12,22H,1-2H3. The van der Waals surface area contributed by atoms with Crippen molar-refractivity contribution in [1.29, 1.82) is 0 Å². The van der Waals surface area contributed by atoms with Crippen LogP contribution in [0.15, 0.2) is 65.5 Å². The lowest BCUT2D eigenvalue weighted by Crippen LogP contribution is -2.31. The quantitative estimate of drug-likeness (QED) is 0.626. The van der Waals surface area contributed by atoms with Crippen LogP contribution in [0.1, 0.15) is 11.4 Å². The van der Waals surface area contributed by atoms with E-state index in [0.717, 1.165) is 17.1 Å². The van der Waals surface area contributed by atoms with Crippen LogP contribution in [0.3, 0.4) is 0 Å². The minimum atomic E-state index is -0.169. The van der Waals surface area contributed by atoms with E-state index < -0.39 is 0 Å². The first-order valence-corrected chi connectivity index (χ1v) is 8.01. The Labute approximate surface area is 144 Å². The SMILES string of the molecule is Cc1cc(C)n(-c2nc3ccccc3c(=O)n2Nc2ccccc2)n1. The largest absolute Gasteiger partial charge is 0.288 e. The average molecular weight is 331 g/mol. The molecule has 124 valence electrons. The molecule has 4 rings (SSSR count). The maximum absolute atomic E-state index is 13.1. The van der Waals surface area contributed by atoms with Crippen molar-refractivity contribution >= 4 is 16.6 Å². The van der Waals surface area contributed by atoms with E-state index in [1.54, 1.807) is 10.7 Å². The first kappa shape index (κ1) is 15.1. The molecule has 0 aliphatic heterocycles. The van der Waals surface area contributed by atoms with Crippen LogP contribution in [-0.2, 0) is 0 Å². The molecule has 6 nitrogen and oxygen atoms in total. The molecular formula is C19H17N5O. The molecule has 0 aliphatic carbocycles. The fraction of sp³-hybridized carbons (Fsp3) is 0.105. The Morgan fingerprint density at radius 2 is 1.68 bits per heavy atom. The number of hydrogen-bond donors (Lipinski definition) is 1. The average Bonchev–Trinajstić information content (AvgIpc) is 2.96. The van der Waals surface area contributed by atoms with Gasteiger partial charge in [-0.25, -0.2) is 9.67 Å². The molecule has 0 amide bonds. The minimum absolute atomic E-state index is 0.169. The summed E-state index contributed by atoms with van der Waals surface area (Å²) in [5.41, 5.74) is 6.19. The molecule has 0 fully saturated rings. The maximum Gasteiger partial charge on any atom is 0.281 e. The summed E-state index contributed by atoms with van der Waals surface area (Å²) in [4.78, 5) is 17.7. The van der Waals surface area contributed by atoms with Crippen molar-refractivity contribution in [3.8, 4) is 5.95 Å². The molecule has 0 radical (unpaired) electrons. The molecule has 0 atom stereocenters. The molecule has 0 saturated heterocycles. The van der Waals surface area contributed by atoms with Crippen LogP contribution in [0.5, 0.6) is 0 Å². The van der Waals surface area contributed by atoms with Gasteiger partial charge in [0.2, 0.25) is 0 Å². The molecular weight excluding hydrogens is 314 g/mol. The van der Waals surface area contributed by atoms with E-state index >= 15 is 0 Å². The summed E-state index contributed by atoms with van der Waals surface area (Å²) < 4.78 is 3.12. The summed E-state index contributed by atoms with van der Waals surface area (Å²) in [7, 11) is 0. The molecule has 0 saturated carbocycles. The molecule has 0 aliphatic rings. The first-order valence-electron chi connectivity index (χ1n) is 8.01. The van der Waals surface area contributed by atoms with Gasteiger partial charge < -0.3 is 0 Å². The molecule has 2 heterocycles. The number of nitrogens with one attached hydrogen (secondary N) is 1. The maximum atomic E-state index is 13.1. The van der Waals surface area contributed by atoms with Crippen molar-refractivity contribution < 1.29 is 0 Å². The Bertz CT molecular complexity index is 1110. The van der Waals surface area contributed by atoms with Gasteiger partial charge in [-0.2, -0.15) is 9.77 Å². The van der Waals surface area contributed by atoms with Gasteiger partial charge >= 0.3 is 0 Å². The zero-order chi connectivity index (χ0) is 17.4. The van der Waals surface area contributed by atoms with Gasteiger partial charge in [-0.05, 0) is 44.2 Å². The fourth-order valence-electron chi connectivity index (χ4n) is 2.84. The molecule has 6 heteroatoms. The molecule has 2 aromatic heterocycles. The number of aryl methyl sites for hydroxylation is 2. The summed E-state index contributed by atoms with van der Waals surface area (Å²) >= 11 is 0. The van der Waals surface area contributed by atoms with Gasteiger partial charge in [0.05, 0.1) is 22.3 Å². The lowest BCUT2D eigenvalue weighted by molar-refractivity contribution is 0.712. The van der Waals surface area contributed by atoms with E-state index in [9.17, 15) is 4.79 Å². The smallest absolute Gasteiger partial charge is 0.281 e. The van der Waals surface area contributed by atoms with Crippen LogP contribution in [0.2, 0.25) is 0 Å². The van der Waals surface area contributed by atoms with Gasteiger partial charge in [-0.15, -0.1) is 0 Å². The summed E-state index contributed by atoms with van der Waals surface area (Å²) in [5, 5.41) is 5.04. The van der Waals surface area contributed by atoms with Crippen LogP contribution in [0, 0.1) is 13.8 Å². The summed E-state index contributed by atoms with van der Waals surface area (Å²) in [6, 6.07) is 18.8. The van der Waals surface area contributed by atoms with Crippen LogP contribution >= 0.6 is 0 Å². The monoisotopic (exact) mass is 331 g/mol. The van der Waals surface area contributed by atoms with Gasteiger partial charge in [0.1, 0.15) is 0 Å². The second-order valence-corrected chi connectivity index (χ2v) is 5.89. The number of anilines is 1.